The summed E-state index contributed by atoms with van der Waals surface area (Å²) in [4.78, 5) is 23.8. The number of rotatable bonds is 5. The minimum atomic E-state index is -0.479. The van der Waals surface area contributed by atoms with E-state index in [9.17, 15) is 9.59 Å². The Bertz CT molecular complexity index is 636. The molecule has 1 saturated carbocycles. The number of ether oxygens (including phenoxy) is 3. The van der Waals surface area contributed by atoms with Crippen molar-refractivity contribution in [1.82, 2.24) is 16.2 Å². The number of hydrogen-bond acceptors (Lipinski definition) is 6. The first-order valence-electron chi connectivity index (χ1n) is 7.21. The van der Waals surface area contributed by atoms with Gasteiger partial charge >= 0.3 is 0 Å². The van der Waals surface area contributed by atoms with Gasteiger partial charge in [-0.3, -0.25) is 25.8 Å². The van der Waals surface area contributed by atoms with Crippen LogP contribution in [0, 0.1) is 5.92 Å². The van der Waals surface area contributed by atoms with Crippen molar-refractivity contribution in [2.75, 3.05) is 21.3 Å². The first-order chi connectivity index (χ1) is 11.5. The molecule has 0 saturated heterocycles. The van der Waals surface area contributed by atoms with Crippen LogP contribution in [-0.4, -0.2) is 38.3 Å². The lowest BCUT2D eigenvalue weighted by Gasteiger charge is -2.14. The highest BCUT2D eigenvalue weighted by Gasteiger charge is 2.29. The Hall–Kier alpha value is -2.55. The van der Waals surface area contributed by atoms with Gasteiger partial charge in [0.2, 0.25) is 11.7 Å². The summed E-state index contributed by atoms with van der Waals surface area (Å²) in [7, 11) is 4.39. The number of nitrogens with one attached hydrogen (secondary N) is 3. The Morgan fingerprint density at radius 2 is 1.62 bits per heavy atom. The van der Waals surface area contributed by atoms with Gasteiger partial charge in [0, 0.05) is 11.5 Å². The SMILES string of the molecule is COc1cc(C(=O)NC(=S)NNC(=O)C2CC2)cc(OC)c1OC. The fraction of sp³-hybridized carbons (Fsp3) is 0.400. The maximum atomic E-state index is 12.3. The fourth-order valence-electron chi connectivity index (χ4n) is 1.98. The molecule has 0 aliphatic heterocycles. The van der Waals surface area contributed by atoms with Crippen LogP contribution < -0.4 is 30.4 Å². The normalized spacial score (nSPS) is 12.8. The van der Waals surface area contributed by atoms with E-state index < -0.39 is 5.91 Å². The van der Waals surface area contributed by atoms with Gasteiger partial charge in [0.25, 0.3) is 5.91 Å². The number of thiocarbonyl (C=S) groups is 1. The third-order valence-corrected chi connectivity index (χ3v) is 3.61. The molecular formula is C15H19N3O5S. The smallest absolute Gasteiger partial charge is 0.257 e. The molecule has 2 rings (SSSR count). The van der Waals surface area contributed by atoms with Crippen LogP contribution in [0.4, 0.5) is 0 Å². The van der Waals surface area contributed by atoms with Crippen molar-refractivity contribution < 1.29 is 23.8 Å². The number of amides is 2. The molecule has 0 radical (unpaired) electrons. The number of methoxy groups -OCH3 is 3. The molecule has 24 heavy (non-hydrogen) atoms. The molecule has 3 N–H and O–H groups in total. The van der Waals surface area contributed by atoms with Crippen LogP contribution in [0.15, 0.2) is 12.1 Å². The molecule has 1 fully saturated rings. The van der Waals surface area contributed by atoms with Crippen molar-refractivity contribution in [1.29, 1.82) is 0 Å². The molecular weight excluding hydrogens is 334 g/mol. The summed E-state index contributed by atoms with van der Waals surface area (Å²) in [5.41, 5.74) is 5.21. The monoisotopic (exact) mass is 353 g/mol. The van der Waals surface area contributed by atoms with E-state index in [-0.39, 0.29) is 22.5 Å². The van der Waals surface area contributed by atoms with Gasteiger partial charge in [-0.15, -0.1) is 0 Å². The zero-order valence-corrected chi connectivity index (χ0v) is 14.4. The highest BCUT2D eigenvalue weighted by Crippen LogP contribution is 2.38. The predicted octanol–water partition coefficient (Wildman–Crippen LogP) is 0.758. The zero-order chi connectivity index (χ0) is 17.7. The van der Waals surface area contributed by atoms with Gasteiger partial charge in [-0.1, -0.05) is 0 Å². The van der Waals surface area contributed by atoms with E-state index >= 15 is 0 Å². The van der Waals surface area contributed by atoms with Gasteiger partial charge < -0.3 is 14.2 Å². The van der Waals surface area contributed by atoms with Gasteiger partial charge in [0.15, 0.2) is 16.6 Å². The van der Waals surface area contributed by atoms with E-state index in [1.165, 1.54) is 33.5 Å². The number of carbonyl (C=O) groups excluding carboxylic acids is 2. The van der Waals surface area contributed by atoms with Crippen LogP contribution in [0.3, 0.4) is 0 Å². The van der Waals surface area contributed by atoms with E-state index in [0.29, 0.717) is 17.2 Å². The molecule has 1 aliphatic rings. The quantitative estimate of drug-likeness (QED) is 0.531. The van der Waals surface area contributed by atoms with Gasteiger partial charge in [0.1, 0.15) is 0 Å². The molecule has 1 aromatic rings. The van der Waals surface area contributed by atoms with Crippen molar-refractivity contribution in [2.45, 2.75) is 12.8 Å². The van der Waals surface area contributed by atoms with E-state index in [1.807, 2.05) is 0 Å². The average Bonchev–Trinajstić information content (AvgIpc) is 3.43. The second-order valence-corrected chi connectivity index (χ2v) is 5.49. The standard InChI is InChI=1S/C15H19N3O5S/c1-21-10-6-9(7-11(22-2)12(10)23-3)13(19)16-15(24)18-17-14(20)8-4-5-8/h6-8H,4-5H2,1-3H3,(H,17,20)(H2,16,18,19,24). The number of hydrazine groups is 1. The van der Waals surface area contributed by atoms with E-state index in [2.05, 4.69) is 16.2 Å². The Kier molecular flexibility index (Phi) is 5.80. The minimum absolute atomic E-state index is 0.0113. The second kappa shape index (κ2) is 7.82. The van der Waals surface area contributed by atoms with Crippen LogP contribution in [0.25, 0.3) is 0 Å². The van der Waals surface area contributed by atoms with Crippen molar-refractivity contribution in [3.63, 3.8) is 0 Å². The minimum Gasteiger partial charge on any atom is -0.493 e. The molecule has 1 aliphatic carbocycles. The topological polar surface area (TPSA) is 97.9 Å². The molecule has 0 aromatic heterocycles. The molecule has 1 aromatic carbocycles. The summed E-state index contributed by atoms with van der Waals surface area (Å²) in [5, 5.41) is 2.45. The Morgan fingerprint density at radius 3 is 2.08 bits per heavy atom. The molecule has 0 heterocycles. The molecule has 0 unspecified atom stereocenters. The summed E-state index contributed by atoms with van der Waals surface area (Å²) >= 11 is 4.98. The van der Waals surface area contributed by atoms with Crippen molar-refractivity contribution in [3.8, 4) is 17.2 Å². The zero-order valence-electron chi connectivity index (χ0n) is 13.6. The van der Waals surface area contributed by atoms with Gasteiger partial charge in [-0.2, -0.15) is 0 Å². The summed E-state index contributed by atoms with van der Waals surface area (Å²) in [5.74, 6) is 0.498. The molecule has 0 spiro atoms. The lowest BCUT2D eigenvalue weighted by Crippen LogP contribution is -2.48. The largest absolute Gasteiger partial charge is 0.493 e. The van der Waals surface area contributed by atoms with Gasteiger partial charge in [0.05, 0.1) is 21.3 Å². The molecule has 0 atom stereocenters. The van der Waals surface area contributed by atoms with Crippen molar-refractivity contribution in [3.05, 3.63) is 17.7 Å². The van der Waals surface area contributed by atoms with Gasteiger partial charge in [-0.05, 0) is 37.2 Å². The first-order valence-corrected chi connectivity index (χ1v) is 7.62. The summed E-state index contributed by atoms with van der Waals surface area (Å²) in [6.07, 6.45) is 1.75. The molecule has 8 nitrogen and oxygen atoms in total. The third-order valence-electron chi connectivity index (χ3n) is 3.40. The third kappa shape index (κ3) is 4.25. The maximum absolute atomic E-state index is 12.3. The van der Waals surface area contributed by atoms with Crippen LogP contribution in [0.5, 0.6) is 17.2 Å². The summed E-state index contributed by atoms with van der Waals surface area (Å²) in [6.45, 7) is 0. The molecule has 0 bridgehead atoms. The van der Waals surface area contributed by atoms with Crippen molar-refractivity contribution in [2.24, 2.45) is 5.92 Å². The van der Waals surface area contributed by atoms with Crippen LogP contribution >= 0.6 is 12.2 Å². The Balaban J connectivity index is 2.02. The van der Waals surface area contributed by atoms with Crippen molar-refractivity contribution >= 4 is 29.1 Å². The average molecular weight is 353 g/mol. The van der Waals surface area contributed by atoms with Crippen LogP contribution in [-0.2, 0) is 4.79 Å². The number of benzene rings is 1. The number of carbonyl (C=O) groups is 2. The lowest BCUT2D eigenvalue weighted by atomic mass is 10.1. The Morgan fingerprint density at radius 1 is 1.04 bits per heavy atom. The van der Waals surface area contributed by atoms with Crippen LogP contribution in [0.2, 0.25) is 0 Å². The summed E-state index contributed by atoms with van der Waals surface area (Å²) < 4.78 is 15.6. The predicted molar refractivity (Wildman–Crippen MR) is 90.2 cm³/mol. The first kappa shape index (κ1) is 17.8. The highest BCUT2D eigenvalue weighted by atomic mass is 32.1. The van der Waals surface area contributed by atoms with E-state index in [4.69, 9.17) is 26.4 Å². The van der Waals surface area contributed by atoms with Gasteiger partial charge in [-0.25, -0.2) is 0 Å². The summed E-state index contributed by atoms with van der Waals surface area (Å²) in [6, 6.07) is 3.00. The highest BCUT2D eigenvalue weighted by molar-refractivity contribution is 7.80. The molecule has 2 amide bonds. The van der Waals surface area contributed by atoms with E-state index in [0.717, 1.165) is 12.8 Å². The second-order valence-electron chi connectivity index (χ2n) is 5.09. The van der Waals surface area contributed by atoms with Crippen LogP contribution in [0.1, 0.15) is 23.2 Å². The molecule has 9 heteroatoms. The maximum Gasteiger partial charge on any atom is 0.257 e. The number of hydrogen-bond donors (Lipinski definition) is 3. The molecule has 130 valence electrons. The Labute approximate surface area is 144 Å². The lowest BCUT2D eigenvalue weighted by molar-refractivity contribution is -0.122. The van der Waals surface area contributed by atoms with E-state index in [1.54, 1.807) is 0 Å². The fourth-order valence-corrected chi connectivity index (χ4v) is 2.13.